The molecule has 0 atom stereocenters. The molecule has 0 saturated carbocycles. The fourth-order valence-corrected chi connectivity index (χ4v) is 2.66. The summed E-state index contributed by atoms with van der Waals surface area (Å²) >= 11 is 0. The van der Waals surface area contributed by atoms with Gasteiger partial charge in [0, 0.05) is 29.9 Å². The molecule has 2 aromatic carbocycles. The molecule has 0 bridgehead atoms. The molecule has 1 fully saturated rings. The first kappa shape index (κ1) is 17.0. The van der Waals surface area contributed by atoms with Crippen LogP contribution in [0, 0.1) is 0 Å². The second-order valence-corrected chi connectivity index (χ2v) is 5.73. The number of nitrogens with zero attached hydrogens (tertiary/aromatic N) is 1. The van der Waals surface area contributed by atoms with Crippen LogP contribution in [0.5, 0.6) is 0 Å². The van der Waals surface area contributed by atoms with Crippen LogP contribution >= 0.6 is 0 Å². The van der Waals surface area contributed by atoms with Crippen molar-refractivity contribution in [3.63, 3.8) is 0 Å². The molecule has 2 aromatic rings. The molecule has 25 heavy (non-hydrogen) atoms. The molecule has 1 aliphatic heterocycles. The van der Waals surface area contributed by atoms with Crippen molar-refractivity contribution < 1.29 is 22.8 Å². The quantitative estimate of drug-likeness (QED) is 0.908. The van der Waals surface area contributed by atoms with E-state index in [0.717, 1.165) is 36.4 Å². The van der Waals surface area contributed by atoms with Gasteiger partial charge in [0.15, 0.2) is 0 Å². The highest BCUT2D eigenvalue weighted by Gasteiger charge is 2.30. The molecular formula is C18H15F3N2O2. The Morgan fingerprint density at radius 1 is 1.00 bits per heavy atom. The maximum atomic E-state index is 12.5. The van der Waals surface area contributed by atoms with Gasteiger partial charge in [0.2, 0.25) is 5.91 Å². The molecule has 4 nitrogen and oxygen atoms in total. The molecule has 0 unspecified atom stereocenters. The molecule has 1 N–H and O–H groups in total. The lowest BCUT2D eigenvalue weighted by molar-refractivity contribution is -0.137. The van der Waals surface area contributed by atoms with Gasteiger partial charge in [-0.15, -0.1) is 0 Å². The molecular weight excluding hydrogens is 333 g/mol. The second-order valence-electron chi connectivity index (χ2n) is 5.73. The van der Waals surface area contributed by atoms with E-state index in [1.54, 1.807) is 29.2 Å². The predicted molar refractivity (Wildman–Crippen MR) is 87.4 cm³/mol. The summed E-state index contributed by atoms with van der Waals surface area (Å²) in [5, 5.41) is 2.62. The molecule has 1 saturated heterocycles. The molecule has 0 aromatic heterocycles. The van der Waals surface area contributed by atoms with Crippen molar-refractivity contribution in [3.8, 4) is 0 Å². The number of carbonyl (C=O) groups is 2. The van der Waals surface area contributed by atoms with Gasteiger partial charge in [-0.2, -0.15) is 13.2 Å². The van der Waals surface area contributed by atoms with Crippen molar-refractivity contribution in [2.24, 2.45) is 0 Å². The van der Waals surface area contributed by atoms with Gasteiger partial charge in [-0.25, -0.2) is 0 Å². The first-order chi connectivity index (χ1) is 11.8. The van der Waals surface area contributed by atoms with Crippen molar-refractivity contribution >= 4 is 23.2 Å². The van der Waals surface area contributed by atoms with Crippen LogP contribution in [-0.4, -0.2) is 18.4 Å². The van der Waals surface area contributed by atoms with Crippen molar-refractivity contribution in [3.05, 3.63) is 59.7 Å². The van der Waals surface area contributed by atoms with Crippen LogP contribution in [0.15, 0.2) is 48.5 Å². The highest BCUT2D eigenvalue weighted by Crippen LogP contribution is 2.29. The molecule has 2 amide bonds. The Labute approximate surface area is 142 Å². The number of benzene rings is 2. The van der Waals surface area contributed by atoms with E-state index in [2.05, 4.69) is 5.32 Å². The van der Waals surface area contributed by atoms with E-state index < -0.39 is 17.6 Å². The van der Waals surface area contributed by atoms with E-state index in [9.17, 15) is 22.8 Å². The van der Waals surface area contributed by atoms with Crippen LogP contribution in [-0.2, 0) is 11.0 Å². The topological polar surface area (TPSA) is 49.4 Å². The van der Waals surface area contributed by atoms with E-state index in [-0.39, 0.29) is 11.5 Å². The standard InChI is InChI=1S/C18H15F3N2O2/c19-18(20,21)13-5-3-12(4-6-13)17(25)22-14-7-9-15(10-8-14)23-11-1-2-16(23)24/h3-10H,1-2,11H2,(H,22,25). The van der Waals surface area contributed by atoms with Gasteiger partial charge in [-0.3, -0.25) is 9.59 Å². The van der Waals surface area contributed by atoms with Crippen LogP contribution in [0.25, 0.3) is 0 Å². The van der Waals surface area contributed by atoms with Crippen LogP contribution in [0.1, 0.15) is 28.8 Å². The average molecular weight is 348 g/mol. The van der Waals surface area contributed by atoms with Gasteiger partial charge < -0.3 is 10.2 Å². The lowest BCUT2D eigenvalue weighted by atomic mass is 10.1. The van der Waals surface area contributed by atoms with Gasteiger partial charge in [-0.1, -0.05) is 0 Å². The monoisotopic (exact) mass is 348 g/mol. The summed E-state index contributed by atoms with van der Waals surface area (Å²) < 4.78 is 37.6. The van der Waals surface area contributed by atoms with E-state index in [1.807, 2.05) is 0 Å². The minimum Gasteiger partial charge on any atom is -0.322 e. The Bertz CT molecular complexity index is 783. The molecule has 1 heterocycles. The van der Waals surface area contributed by atoms with Crippen LogP contribution < -0.4 is 10.2 Å². The first-order valence-electron chi connectivity index (χ1n) is 7.73. The number of alkyl halides is 3. The normalized spacial score (nSPS) is 14.7. The minimum atomic E-state index is -4.43. The highest BCUT2D eigenvalue weighted by atomic mass is 19.4. The van der Waals surface area contributed by atoms with Crippen LogP contribution in [0.3, 0.4) is 0 Å². The zero-order valence-electron chi connectivity index (χ0n) is 13.1. The summed E-state index contributed by atoms with van der Waals surface area (Å²) in [4.78, 5) is 25.5. The summed E-state index contributed by atoms with van der Waals surface area (Å²) in [5.41, 5.74) is 0.589. The maximum Gasteiger partial charge on any atom is 0.416 e. The number of carbonyl (C=O) groups excluding carboxylic acids is 2. The predicted octanol–water partition coefficient (Wildman–Crippen LogP) is 4.08. The van der Waals surface area contributed by atoms with Crippen molar-refractivity contribution in [1.29, 1.82) is 0 Å². The summed E-state index contributed by atoms with van der Waals surface area (Å²) in [6.07, 6.45) is -3.07. The highest BCUT2D eigenvalue weighted by molar-refractivity contribution is 6.04. The Hall–Kier alpha value is -2.83. The number of amides is 2. The van der Waals surface area contributed by atoms with E-state index in [1.165, 1.54) is 0 Å². The molecule has 1 aliphatic rings. The van der Waals surface area contributed by atoms with Gasteiger partial charge in [0.05, 0.1) is 5.56 Å². The average Bonchev–Trinajstić information content (AvgIpc) is 3.01. The SMILES string of the molecule is O=C(Nc1ccc(N2CCCC2=O)cc1)c1ccc(C(F)(F)F)cc1. The Morgan fingerprint density at radius 3 is 2.16 bits per heavy atom. The summed E-state index contributed by atoms with van der Waals surface area (Å²) in [5.74, 6) is -0.430. The van der Waals surface area contributed by atoms with Crippen LogP contribution in [0.2, 0.25) is 0 Å². The summed E-state index contributed by atoms with van der Waals surface area (Å²) in [6.45, 7) is 0.677. The number of hydrogen-bond donors (Lipinski definition) is 1. The number of halogens is 3. The number of nitrogens with one attached hydrogen (secondary N) is 1. The van der Waals surface area contributed by atoms with Crippen molar-refractivity contribution in [2.75, 3.05) is 16.8 Å². The molecule has 7 heteroatoms. The van der Waals surface area contributed by atoms with Crippen molar-refractivity contribution in [2.45, 2.75) is 19.0 Å². The third-order valence-corrected chi connectivity index (χ3v) is 3.98. The first-order valence-corrected chi connectivity index (χ1v) is 7.73. The fraction of sp³-hybridized carbons (Fsp3) is 0.222. The summed E-state index contributed by atoms with van der Waals surface area (Å²) in [6, 6.07) is 10.8. The van der Waals surface area contributed by atoms with Gasteiger partial charge >= 0.3 is 6.18 Å². The number of rotatable bonds is 3. The van der Waals surface area contributed by atoms with Gasteiger partial charge in [0.25, 0.3) is 5.91 Å². The fourth-order valence-electron chi connectivity index (χ4n) is 2.66. The summed E-state index contributed by atoms with van der Waals surface area (Å²) in [7, 11) is 0. The Balaban J connectivity index is 1.67. The Morgan fingerprint density at radius 2 is 1.64 bits per heavy atom. The Kier molecular flexibility index (Phi) is 4.48. The molecule has 3 rings (SSSR count). The lowest BCUT2D eigenvalue weighted by Gasteiger charge is -2.16. The van der Waals surface area contributed by atoms with Crippen LogP contribution in [0.4, 0.5) is 24.5 Å². The lowest BCUT2D eigenvalue weighted by Crippen LogP contribution is -2.23. The van der Waals surface area contributed by atoms with E-state index >= 15 is 0 Å². The smallest absolute Gasteiger partial charge is 0.322 e. The van der Waals surface area contributed by atoms with E-state index in [4.69, 9.17) is 0 Å². The molecule has 0 radical (unpaired) electrons. The maximum absolute atomic E-state index is 12.5. The third kappa shape index (κ3) is 3.81. The van der Waals surface area contributed by atoms with Gasteiger partial charge in [0.1, 0.15) is 0 Å². The zero-order chi connectivity index (χ0) is 18.0. The van der Waals surface area contributed by atoms with Gasteiger partial charge in [-0.05, 0) is 55.0 Å². The second kappa shape index (κ2) is 6.58. The minimum absolute atomic E-state index is 0.0709. The number of hydrogen-bond acceptors (Lipinski definition) is 2. The largest absolute Gasteiger partial charge is 0.416 e. The zero-order valence-corrected chi connectivity index (χ0v) is 13.1. The van der Waals surface area contributed by atoms with Crippen molar-refractivity contribution in [1.82, 2.24) is 0 Å². The number of anilines is 2. The van der Waals surface area contributed by atoms with E-state index in [0.29, 0.717) is 18.7 Å². The molecule has 130 valence electrons. The third-order valence-electron chi connectivity index (χ3n) is 3.98. The molecule has 0 aliphatic carbocycles. The molecule has 0 spiro atoms.